The Hall–Kier alpha value is -3.93. The van der Waals surface area contributed by atoms with E-state index in [1.807, 2.05) is 30.3 Å². The van der Waals surface area contributed by atoms with Crippen LogP contribution in [0.1, 0.15) is 22.7 Å². The van der Waals surface area contributed by atoms with E-state index in [1.165, 1.54) is 18.2 Å². The summed E-state index contributed by atoms with van der Waals surface area (Å²) in [6.45, 7) is 7.33. The van der Waals surface area contributed by atoms with Crippen LogP contribution in [0, 0.1) is 12.5 Å². The van der Waals surface area contributed by atoms with Crippen LogP contribution in [-0.4, -0.2) is 53.3 Å². The summed E-state index contributed by atoms with van der Waals surface area (Å²) in [5, 5.41) is 24.2. The summed E-state index contributed by atoms with van der Waals surface area (Å²) < 4.78 is 11.9. The van der Waals surface area contributed by atoms with Gasteiger partial charge in [0.1, 0.15) is 23.3 Å². The van der Waals surface area contributed by atoms with Crippen LogP contribution in [0.15, 0.2) is 66.9 Å². The number of pyridine rings is 1. The number of methoxy groups -OCH3 is 1. The Morgan fingerprint density at radius 1 is 1.17 bits per heavy atom. The molecule has 178 valence electrons. The number of amides is 1. The standard InChI is InChI=1S/C27H25N3O5/c1-28-18-12-10-17(11-13-18)27-22(16-8-6-5-7-9-16)21(25(32)30(2)3)24(31)26(27,33)23-20(35-27)14-19(34-4)15-29-23/h5-15,21-22,24,31,33H,2-4H3/t21-,22-,24-,26+,27+/m1/s1. The Morgan fingerprint density at radius 3 is 2.46 bits per heavy atom. The van der Waals surface area contributed by atoms with Crippen LogP contribution < -0.4 is 9.47 Å². The van der Waals surface area contributed by atoms with E-state index in [2.05, 4.69) is 9.83 Å². The highest BCUT2D eigenvalue weighted by molar-refractivity contribution is 5.82. The first-order valence-corrected chi connectivity index (χ1v) is 11.2. The Balaban J connectivity index is 1.85. The highest BCUT2D eigenvalue weighted by Gasteiger charge is 2.78. The van der Waals surface area contributed by atoms with Gasteiger partial charge in [0.15, 0.2) is 16.9 Å². The van der Waals surface area contributed by atoms with E-state index in [0.717, 1.165) is 5.56 Å². The molecule has 0 radical (unpaired) electrons. The first-order valence-electron chi connectivity index (χ1n) is 11.2. The fourth-order valence-corrected chi connectivity index (χ4v) is 5.61. The van der Waals surface area contributed by atoms with E-state index >= 15 is 0 Å². The van der Waals surface area contributed by atoms with Gasteiger partial charge in [-0.25, -0.2) is 4.85 Å². The molecule has 2 N–H and O–H groups in total. The molecule has 1 amide bonds. The summed E-state index contributed by atoms with van der Waals surface area (Å²) in [4.78, 5) is 22.8. The third kappa shape index (κ3) is 2.99. The second kappa shape index (κ2) is 8.08. The van der Waals surface area contributed by atoms with Gasteiger partial charge < -0.3 is 24.6 Å². The quantitative estimate of drug-likeness (QED) is 0.568. The van der Waals surface area contributed by atoms with Crippen molar-refractivity contribution in [3.05, 3.63) is 95.1 Å². The second-order valence-corrected chi connectivity index (χ2v) is 9.08. The van der Waals surface area contributed by atoms with E-state index in [4.69, 9.17) is 16.0 Å². The van der Waals surface area contributed by atoms with Gasteiger partial charge in [-0.2, -0.15) is 0 Å². The topological polar surface area (TPSA) is 96.5 Å². The molecule has 2 aromatic carbocycles. The van der Waals surface area contributed by atoms with E-state index in [-0.39, 0.29) is 17.4 Å². The maximum absolute atomic E-state index is 13.5. The van der Waals surface area contributed by atoms with E-state index in [0.29, 0.717) is 17.0 Å². The average Bonchev–Trinajstić information content (AvgIpc) is 3.26. The maximum atomic E-state index is 13.5. The monoisotopic (exact) mass is 471 g/mol. The molecule has 1 aliphatic carbocycles. The largest absolute Gasteiger partial charge is 0.495 e. The van der Waals surface area contributed by atoms with Crippen molar-refractivity contribution in [2.45, 2.75) is 23.2 Å². The Morgan fingerprint density at radius 2 is 1.86 bits per heavy atom. The molecule has 0 spiro atoms. The van der Waals surface area contributed by atoms with Crippen LogP contribution in [-0.2, 0) is 16.0 Å². The predicted octanol–water partition coefficient (Wildman–Crippen LogP) is 2.98. The molecule has 35 heavy (non-hydrogen) atoms. The summed E-state index contributed by atoms with van der Waals surface area (Å²) in [6, 6.07) is 17.5. The van der Waals surface area contributed by atoms with Gasteiger partial charge in [-0.05, 0) is 11.1 Å². The van der Waals surface area contributed by atoms with Crippen molar-refractivity contribution in [1.82, 2.24) is 9.88 Å². The second-order valence-electron chi connectivity index (χ2n) is 9.08. The molecule has 8 heteroatoms. The fraction of sp³-hybridized carbons (Fsp3) is 0.296. The van der Waals surface area contributed by atoms with Gasteiger partial charge in [-0.1, -0.05) is 54.6 Å². The summed E-state index contributed by atoms with van der Waals surface area (Å²) in [5.41, 5.74) is -1.88. The smallest absolute Gasteiger partial charge is 0.228 e. The highest BCUT2D eigenvalue weighted by Crippen LogP contribution is 2.68. The molecule has 3 aromatic rings. The first-order chi connectivity index (χ1) is 16.8. The normalized spacial score (nSPS) is 28.4. The van der Waals surface area contributed by atoms with Gasteiger partial charge in [0.05, 0.1) is 25.8 Å². The molecule has 2 aliphatic rings. The highest BCUT2D eigenvalue weighted by atomic mass is 16.5. The van der Waals surface area contributed by atoms with Crippen LogP contribution in [0.2, 0.25) is 0 Å². The minimum atomic E-state index is -2.06. The van der Waals surface area contributed by atoms with E-state index in [1.54, 1.807) is 44.4 Å². The molecular weight excluding hydrogens is 446 g/mol. The van der Waals surface area contributed by atoms with Crippen LogP contribution in [0.5, 0.6) is 11.5 Å². The minimum Gasteiger partial charge on any atom is -0.495 e. The number of hydrogen-bond acceptors (Lipinski definition) is 6. The number of carbonyl (C=O) groups excluding carboxylic acids is 1. The van der Waals surface area contributed by atoms with Gasteiger partial charge in [0, 0.05) is 26.1 Å². The number of carbonyl (C=O) groups is 1. The molecule has 0 saturated heterocycles. The molecule has 0 bridgehead atoms. The van der Waals surface area contributed by atoms with Gasteiger partial charge in [0.25, 0.3) is 0 Å². The minimum absolute atomic E-state index is 0.134. The molecule has 1 aliphatic heterocycles. The van der Waals surface area contributed by atoms with Crippen LogP contribution >= 0.6 is 0 Å². The molecular formula is C27H25N3O5. The molecule has 5 rings (SSSR count). The lowest BCUT2D eigenvalue weighted by Gasteiger charge is -2.40. The number of nitrogens with zero attached hydrogens (tertiary/aromatic N) is 3. The summed E-state index contributed by atoms with van der Waals surface area (Å²) in [7, 11) is 4.73. The SMILES string of the molecule is [C-]#[N+]c1ccc([C@@]23Oc4cc(OC)cnc4[C@]2(O)[C@H](O)[C@H](C(=O)N(C)C)[C@H]3c2ccccc2)cc1. The third-order valence-electron chi connectivity index (χ3n) is 7.14. The van der Waals surface area contributed by atoms with Gasteiger partial charge in [-0.15, -0.1) is 0 Å². The average molecular weight is 472 g/mol. The van der Waals surface area contributed by atoms with Crippen LogP contribution in [0.4, 0.5) is 5.69 Å². The molecule has 0 unspecified atom stereocenters. The number of ether oxygens (including phenoxy) is 2. The molecule has 1 aromatic heterocycles. The zero-order valence-electron chi connectivity index (χ0n) is 19.5. The van der Waals surface area contributed by atoms with Crippen LogP contribution in [0.3, 0.4) is 0 Å². The van der Waals surface area contributed by atoms with Crippen molar-refractivity contribution in [2.24, 2.45) is 5.92 Å². The predicted molar refractivity (Wildman–Crippen MR) is 127 cm³/mol. The number of aliphatic hydroxyl groups is 2. The van der Waals surface area contributed by atoms with Gasteiger partial charge >= 0.3 is 0 Å². The lowest BCUT2D eigenvalue weighted by Crippen LogP contribution is -2.52. The molecule has 2 heterocycles. The molecule has 1 saturated carbocycles. The van der Waals surface area contributed by atoms with Gasteiger partial charge in [-0.3, -0.25) is 9.78 Å². The lowest BCUT2D eigenvalue weighted by molar-refractivity contribution is -0.157. The molecule has 1 fully saturated rings. The summed E-state index contributed by atoms with van der Waals surface area (Å²) >= 11 is 0. The Kier molecular flexibility index (Phi) is 5.28. The Labute approximate surface area is 203 Å². The van der Waals surface area contributed by atoms with Crippen molar-refractivity contribution in [3.63, 3.8) is 0 Å². The lowest BCUT2D eigenvalue weighted by atomic mass is 9.71. The van der Waals surface area contributed by atoms with E-state index < -0.39 is 29.1 Å². The third-order valence-corrected chi connectivity index (χ3v) is 7.14. The van der Waals surface area contributed by atoms with Gasteiger partial charge in [0.2, 0.25) is 5.91 Å². The zero-order chi connectivity index (χ0) is 25.0. The van der Waals surface area contributed by atoms with Crippen molar-refractivity contribution < 1.29 is 24.5 Å². The number of hydrogen-bond donors (Lipinski definition) is 2. The summed E-state index contributed by atoms with van der Waals surface area (Å²) in [6.07, 6.45) is -0.0887. The Bertz CT molecular complexity index is 1320. The summed E-state index contributed by atoms with van der Waals surface area (Å²) in [5.74, 6) is -1.47. The number of fused-ring (bicyclic) bond motifs is 3. The van der Waals surface area contributed by atoms with Crippen LogP contribution in [0.25, 0.3) is 4.85 Å². The van der Waals surface area contributed by atoms with E-state index in [9.17, 15) is 15.0 Å². The van der Waals surface area contributed by atoms with Crippen molar-refractivity contribution in [2.75, 3.05) is 21.2 Å². The number of aliphatic hydroxyl groups excluding tert-OH is 1. The molecule has 5 atom stereocenters. The van der Waals surface area contributed by atoms with Crippen molar-refractivity contribution in [3.8, 4) is 11.5 Å². The number of aromatic nitrogens is 1. The van der Waals surface area contributed by atoms with Crippen molar-refractivity contribution in [1.29, 1.82) is 0 Å². The van der Waals surface area contributed by atoms with Crippen molar-refractivity contribution >= 4 is 11.6 Å². The number of benzene rings is 2. The fourth-order valence-electron chi connectivity index (χ4n) is 5.61. The molecule has 8 nitrogen and oxygen atoms in total. The zero-order valence-corrected chi connectivity index (χ0v) is 19.5. The first kappa shape index (κ1) is 22.8. The number of rotatable bonds is 4. The maximum Gasteiger partial charge on any atom is 0.228 e.